The van der Waals surface area contributed by atoms with Crippen molar-refractivity contribution in [2.75, 3.05) is 27.4 Å². The molecule has 4 nitrogen and oxygen atoms in total. The fourth-order valence-electron chi connectivity index (χ4n) is 3.59. The lowest BCUT2D eigenvalue weighted by molar-refractivity contribution is 0.305. The van der Waals surface area contributed by atoms with Crippen molar-refractivity contribution in [2.24, 2.45) is 0 Å². The number of halogens is 1. The predicted octanol–water partition coefficient (Wildman–Crippen LogP) is 4.30. The van der Waals surface area contributed by atoms with Crippen molar-refractivity contribution in [3.8, 4) is 17.2 Å². The third-order valence-electron chi connectivity index (χ3n) is 4.59. The Hall–Kier alpha value is -1.91. The van der Waals surface area contributed by atoms with E-state index in [4.69, 9.17) is 25.8 Å². The average molecular weight is 362 g/mol. The number of ether oxygens (including phenoxy) is 3. The minimum Gasteiger partial charge on any atom is -0.496 e. The maximum atomic E-state index is 6.33. The van der Waals surface area contributed by atoms with Gasteiger partial charge >= 0.3 is 0 Å². The summed E-state index contributed by atoms with van der Waals surface area (Å²) < 4.78 is 17.1. The van der Waals surface area contributed by atoms with Crippen LogP contribution in [0.5, 0.6) is 17.2 Å². The Bertz CT molecular complexity index is 776. The van der Waals surface area contributed by atoms with Gasteiger partial charge in [-0.05, 0) is 49.6 Å². The Labute approximate surface area is 154 Å². The van der Waals surface area contributed by atoms with Gasteiger partial charge in [0.25, 0.3) is 0 Å². The molecule has 0 saturated heterocycles. The highest BCUT2D eigenvalue weighted by atomic mass is 35.5. The summed E-state index contributed by atoms with van der Waals surface area (Å²) in [6.45, 7) is 5.45. The summed E-state index contributed by atoms with van der Waals surface area (Å²) in [4.78, 5) is 0. The number of hydrogen-bond donors (Lipinski definition) is 1. The van der Waals surface area contributed by atoms with Crippen molar-refractivity contribution in [1.29, 1.82) is 0 Å². The van der Waals surface area contributed by atoms with E-state index in [0.717, 1.165) is 41.3 Å². The fraction of sp³-hybridized carbons (Fsp3) is 0.400. The molecule has 1 aliphatic rings. The summed E-state index contributed by atoms with van der Waals surface area (Å²) in [5.41, 5.74) is 4.43. The van der Waals surface area contributed by atoms with Crippen LogP contribution in [0.1, 0.15) is 35.2 Å². The first-order chi connectivity index (χ1) is 12.1. The molecular formula is C20H24ClNO3. The highest BCUT2D eigenvalue weighted by Crippen LogP contribution is 2.43. The van der Waals surface area contributed by atoms with Crippen LogP contribution in [0.4, 0.5) is 0 Å². The minimum atomic E-state index is 0.00112. The molecule has 1 heterocycles. The molecule has 2 aromatic carbocycles. The highest BCUT2D eigenvalue weighted by molar-refractivity contribution is 6.30. The Morgan fingerprint density at radius 2 is 1.92 bits per heavy atom. The second-order valence-corrected chi connectivity index (χ2v) is 6.52. The first kappa shape index (κ1) is 17.9. The molecule has 0 saturated carbocycles. The van der Waals surface area contributed by atoms with E-state index in [1.165, 1.54) is 11.1 Å². The van der Waals surface area contributed by atoms with Gasteiger partial charge in [-0.1, -0.05) is 17.7 Å². The van der Waals surface area contributed by atoms with Crippen LogP contribution in [0.2, 0.25) is 5.02 Å². The number of methoxy groups -OCH3 is 2. The average Bonchev–Trinajstić information content (AvgIpc) is 2.61. The van der Waals surface area contributed by atoms with E-state index in [1.807, 2.05) is 32.0 Å². The third-order valence-corrected chi connectivity index (χ3v) is 4.81. The minimum absolute atomic E-state index is 0.00112. The number of fused-ring (bicyclic) bond motifs is 1. The van der Waals surface area contributed by atoms with Crippen LogP contribution in [-0.4, -0.2) is 27.4 Å². The molecule has 0 bridgehead atoms. The summed E-state index contributed by atoms with van der Waals surface area (Å²) in [7, 11) is 3.37. The molecule has 0 spiro atoms. The van der Waals surface area contributed by atoms with E-state index < -0.39 is 0 Å². The van der Waals surface area contributed by atoms with Crippen LogP contribution in [0.25, 0.3) is 0 Å². The predicted molar refractivity (Wildman–Crippen MR) is 100 cm³/mol. The van der Waals surface area contributed by atoms with Gasteiger partial charge in [0, 0.05) is 22.7 Å². The van der Waals surface area contributed by atoms with Crippen molar-refractivity contribution in [2.45, 2.75) is 26.3 Å². The summed E-state index contributed by atoms with van der Waals surface area (Å²) in [5.74, 6) is 2.48. The number of rotatable bonds is 5. The van der Waals surface area contributed by atoms with Crippen LogP contribution in [0, 0.1) is 6.92 Å². The molecule has 0 aliphatic carbocycles. The second kappa shape index (κ2) is 7.54. The van der Waals surface area contributed by atoms with Gasteiger partial charge in [0.2, 0.25) is 0 Å². The van der Waals surface area contributed by atoms with Gasteiger partial charge in [0.15, 0.2) is 11.5 Å². The first-order valence-electron chi connectivity index (χ1n) is 8.50. The zero-order valence-electron chi connectivity index (χ0n) is 15.1. The molecule has 1 unspecified atom stereocenters. The summed E-state index contributed by atoms with van der Waals surface area (Å²) in [6, 6.07) is 7.97. The van der Waals surface area contributed by atoms with Crippen molar-refractivity contribution in [1.82, 2.24) is 5.32 Å². The van der Waals surface area contributed by atoms with E-state index in [0.29, 0.717) is 11.6 Å². The second-order valence-electron chi connectivity index (χ2n) is 6.08. The van der Waals surface area contributed by atoms with Gasteiger partial charge in [-0.3, -0.25) is 0 Å². The summed E-state index contributed by atoms with van der Waals surface area (Å²) in [5, 5.41) is 4.30. The molecule has 25 heavy (non-hydrogen) atoms. The topological polar surface area (TPSA) is 39.7 Å². The Balaban J connectivity index is 2.16. The van der Waals surface area contributed by atoms with Gasteiger partial charge in [-0.15, -0.1) is 0 Å². The monoisotopic (exact) mass is 361 g/mol. The normalized spacial score (nSPS) is 16.3. The zero-order valence-corrected chi connectivity index (χ0v) is 15.9. The lowest BCUT2D eigenvalue weighted by atomic mass is 9.88. The molecule has 0 fully saturated rings. The molecule has 5 heteroatoms. The Morgan fingerprint density at radius 1 is 1.12 bits per heavy atom. The van der Waals surface area contributed by atoms with E-state index in [1.54, 1.807) is 14.2 Å². The van der Waals surface area contributed by atoms with E-state index >= 15 is 0 Å². The van der Waals surface area contributed by atoms with Crippen molar-refractivity contribution >= 4 is 11.6 Å². The standard InChI is InChI=1S/C20H24ClNO3/c1-5-25-20-15-8-9-22-18(14(15)6-7-17(20)23-3)16-11-13(21)10-12(2)19(16)24-4/h6-7,10-11,18,22H,5,8-9H2,1-4H3. The summed E-state index contributed by atoms with van der Waals surface area (Å²) in [6.07, 6.45) is 0.889. The largest absolute Gasteiger partial charge is 0.496 e. The molecule has 3 rings (SSSR count). The molecule has 2 aromatic rings. The lowest BCUT2D eigenvalue weighted by Gasteiger charge is -2.31. The molecule has 134 valence electrons. The van der Waals surface area contributed by atoms with Crippen molar-refractivity contribution < 1.29 is 14.2 Å². The zero-order chi connectivity index (χ0) is 18.0. The molecule has 0 amide bonds. The maximum Gasteiger partial charge on any atom is 0.164 e. The Kier molecular flexibility index (Phi) is 5.40. The number of hydrogen-bond acceptors (Lipinski definition) is 4. The molecule has 0 aromatic heterocycles. The van der Waals surface area contributed by atoms with Gasteiger partial charge < -0.3 is 19.5 Å². The molecule has 1 N–H and O–H groups in total. The van der Waals surface area contributed by atoms with Crippen LogP contribution in [-0.2, 0) is 6.42 Å². The molecule has 0 radical (unpaired) electrons. The third kappa shape index (κ3) is 3.29. The number of nitrogens with one attached hydrogen (secondary N) is 1. The lowest BCUT2D eigenvalue weighted by Crippen LogP contribution is -2.31. The van der Waals surface area contributed by atoms with E-state index in [2.05, 4.69) is 11.4 Å². The van der Waals surface area contributed by atoms with E-state index in [9.17, 15) is 0 Å². The van der Waals surface area contributed by atoms with Crippen molar-refractivity contribution in [3.05, 3.63) is 51.5 Å². The number of benzene rings is 2. The van der Waals surface area contributed by atoms with Crippen LogP contribution < -0.4 is 19.5 Å². The van der Waals surface area contributed by atoms with Gasteiger partial charge in [0.05, 0.1) is 26.9 Å². The Morgan fingerprint density at radius 3 is 2.60 bits per heavy atom. The van der Waals surface area contributed by atoms with Crippen molar-refractivity contribution in [3.63, 3.8) is 0 Å². The smallest absolute Gasteiger partial charge is 0.164 e. The molecule has 1 atom stereocenters. The van der Waals surface area contributed by atoms with E-state index in [-0.39, 0.29) is 6.04 Å². The highest BCUT2D eigenvalue weighted by Gasteiger charge is 2.28. The maximum absolute atomic E-state index is 6.33. The molecular weight excluding hydrogens is 338 g/mol. The van der Waals surface area contributed by atoms with Crippen LogP contribution in [0.15, 0.2) is 24.3 Å². The van der Waals surface area contributed by atoms with Gasteiger partial charge in [-0.25, -0.2) is 0 Å². The quantitative estimate of drug-likeness (QED) is 0.861. The number of aryl methyl sites for hydroxylation is 1. The molecule has 1 aliphatic heterocycles. The SMILES string of the molecule is CCOc1c(OC)ccc2c1CCNC2c1cc(Cl)cc(C)c1OC. The summed E-state index contributed by atoms with van der Waals surface area (Å²) >= 11 is 6.33. The van der Waals surface area contributed by atoms with Gasteiger partial charge in [-0.2, -0.15) is 0 Å². The fourth-order valence-corrected chi connectivity index (χ4v) is 3.87. The van der Waals surface area contributed by atoms with Crippen LogP contribution in [0.3, 0.4) is 0 Å². The van der Waals surface area contributed by atoms with Gasteiger partial charge in [0.1, 0.15) is 5.75 Å². The van der Waals surface area contributed by atoms with Crippen LogP contribution >= 0.6 is 11.6 Å². The first-order valence-corrected chi connectivity index (χ1v) is 8.88.